The normalized spacial score (nSPS) is 10.6. The van der Waals surface area contributed by atoms with Crippen molar-refractivity contribution in [2.45, 2.75) is 46.5 Å². The summed E-state index contributed by atoms with van der Waals surface area (Å²) in [5.74, 6) is 1.49. The molecular weight excluding hydrogens is 468 g/mol. The molecule has 0 aliphatic rings. The first-order valence-electron chi connectivity index (χ1n) is 10.9. The van der Waals surface area contributed by atoms with Crippen LogP contribution in [0.5, 0.6) is 5.75 Å². The maximum Gasteiger partial charge on any atom is 0.224 e. The van der Waals surface area contributed by atoms with E-state index in [9.17, 15) is 4.79 Å². The maximum absolute atomic E-state index is 12.5. The van der Waals surface area contributed by atoms with Gasteiger partial charge in [0.05, 0.1) is 11.1 Å². The molecule has 0 saturated heterocycles. The molecule has 3 aromatic rings. The Bertz CT molecular complexity index is 1070. The van der Waals surface area contributed by atoms with Crippen molar-refractivity contribution in [3.63, 3.8) is 0 Å². The fraction of sp³-hybridized carbons (Fsp3) is 0.320. The molecule has 1 heterocycles. The summed E-state index contributed by atoms with van der Waals surface area (Å²) in [5, 5.41) is 6.31. The summed E-state index contributed by atoms with van der Waals surface area (Å²) >= 11 is 3.55. The smallest absolute Gasteiger partial charge is 0.224 e. The van der Waals surface area contributed by atoms with E-state index in [0.717, 1.165) is 45.7 Å². The molecule has 1 aromatic heterocycles. The van der Waals surface area contributed by atoms with Crippen LogP contribution in [0, 0.1) is 6.92 Å². The SMILES string of the molecule is CCc1ccc(OCCCC(=O)Nc2cc(Nc3cc(C)ncn3)ccc2CC)c(Br)c1. The lowest BCUT2D eigenvalue weighted by Crippen LogP contribution is -2.14. The van der Waals surface area contributed by atoms with Crippen molar-refractivity contribution in [2.75, 3.05) is 17.2 Å². The molecule has 0 saturated carbocycles. The molecular formula is C25H29BrN4O2. The monoisotopic (exact) mass is 496 g/mol. The lowest BCUT2D eigenvalue weighted by molar-refractivity contribution is -0.116. The Kier molecular flexibility index (Phi) is 8.62. The molecule has 7 heteroatoms. The number of anilines is 3. The number of aryl methyl sites for hydroxylation is 3. The van der Waals surface area contributed by atoms with Gasteiger partial charge >= 0.3 is 0 Å². The van der Waals surface area contributed by atoms with Crippen LogP contribution < -0.4 is 15.4 Å². The van der Waals surface area contributed by atoms with Crippen LogP contribution >= 0.6 is 15.9 Å². The van der Waals surface area contributed by atoms with Crippen LogP contribution in [-0.2, 0) is 17.6 Å². The highest BCUT2D eigenvalue weighted by Gasteiger charge is 2.09. The van der Waals surface area contributed by atoms with E-state index in [-0.39, 0.29) is 5.91 Å². The van der Waals surface area contributed by atoms with Crippen LogP contribution in [0.3, 0.4) is 0 Å². The number of benzene rings is 2. The minimum absolute atomic E-state index is 0.0290. The largest absolute Gasteiger partial charge is 0.492 e. The molecule has 3 rings (SSSR count). The predicted molar refractivity (Wildman–Crippen MR) is 133 cm³/mol. The molecule has 32 heavy (non-hydrogen) atoms. The van der Waals surface area contributed by atoms with Crippen LogP contribution in [0.2, 0.25) is 0 Å². The molecule has 2 aromatic carbocycles. The van der Waals surface area contributed by atoms with Gasteiger partial charge in [-0.3, -0.25) is 4.79 Å². The molecule has 0 radical (unpaired) electrons. The first-order valence-corrected chi connectivity index (χ1v) is 11.7. The number of hydrogen-bond acceptors (Lipinski definition) is 5. The summed E-state index contributed by atoms with van der Waals surface area (Å²) in [4.78, 5) is 20.9. The number of aromatic nitrogens is 2. The fourth-order valence-electron chi connectivity index (χ4n) is 3.26. The molecule has 1 amide bonds. The van der Waals surface area contributed by atoms with Gasteiger partial charge in [0.25, 0.3) is 0 Å². The Labute approximate surface area is 198 Å². The van der Waals surface area contributed by atoms with E-state index in [1.165, 1.54) is 11.9 Å². The average Bonchev–Trinajstić information content (AvgIpc) is 2.78. The van der Waals surface area contributed by atoms with E-state index >= 15 is 0 Å². The van der Waals surface area contributed by atoms with Gasteiger partial charge in [-0.2, -0.15) is 0 Å². The lowest BCUT2D eigenvalue weighted by atomic mass is 10.1. The quantitative estimate of drug-likeness (QED) is 0.326. The minimum atomic E-state index is -0.0290. The summed E-state index contributed by atoms with van der Waals surface area (Å²) in [6.07, 6.45) is 4.35. The van der Waals surface area contributed by atoms with Crippen LogP contribution in [-0.4, -0.2) is 22.5 Å². The third-order valence-corrected chi connectivity index (χ3v) is 5.67. The second-order valence-corrected chi connectivity index (χ2v) is 8.37. The Hall–Kier alpha value is -2.93. The number of carbonyl (C=O) groups is 1. The van der Waals surface area contributed by atoms with Gasteiger partial charge in [0.2, 0.25) is 5.91 Å². The van der Waals surface area contributed by atoms with E-state index in [1.807, 2.05) is 37.3 Å². The maximum atomic E-state index is 12.5. The van der Waals surface area contributed by atoms with Crippen LogP contribution in [0.4, 0.5) is 17.2 Å². The zero-order chi connectivity index (χ0) is 22.9. The number of amides is 1. The van der Waals surface area contributed by atoms with Crippen molar-refractivity contribution in [1.82, 2.24) is 9.97 Å². The fourth-order valence-corrected chi connectivity index (χ4v) is 3.80. The average molecular weight is 497 g/mol. The zero-order valence-electron chi connectivity index (χ0n) is 18.7. The highest BCUT2D eigenvalue weighted by molar-refractivity contribution is 9.10. The van der Waals surface area contributed by atoms with Gasteiger partial charge in [-0.25, -0.2) is 9.97 Å². The number of rotatable bonds is 10. The molecule has 6 nitrogen and oxygen atoms in total. The molecule has 0 unspecified atom stereocenters. The van der Waals surface area contributed by atoms with Gasteiger partial charge in [-0.05, 0) is 77.5 Å². The summed E-state index contributed by atoms with van der Waals surface area (Å²) in [5.41, 5.74) is 4.89. The number of hydrogen-bond donors (Lipinski definition) is 2. The number of halogens is 1. The molecule has 0 aliphatic heterocycles. The van der Waals surface area contributed by atoms with Crippen molar-refractivity contribution in [3.8, 4) is 5.75 Å². The van der Waals surface area contributed by atoms with E-state index in [4.69, 9.17) is 4.74 Å². The summed E-state index contributed by atoms with van der Waals surface area (Å²) in [7, 11) is 0. The van der Waals surface area contributed by atoms with Crippen molar-refractivity contribution in [3.05, 3.63) is 70.1 Å². The zero-order valence-corrected chi connectivity index (χ0v) is 20.3. The topological polar surface area (TPSA) is 76.1 Å². The van der Waals surface area contributed by atoms with Gasteiger partial charge in [-0.15, -0.1) is 0 Å². The van der Waals surface area contributed by atoms with Crippen molar-refractivity contribution < 1.29 is 9.53 Å². The first-order chi connectivity index (χ1) is 15.5. The van der Waals surface area contributed by atoms with Gasteiger partial charge < -0.3 is 15.4 Å². The molecule has 0 bridgehead atoms. The van der Waals surface area contributed by atoms with Crippen LogP contribution in [0.15, 0.2) is 53.3 Å². The van der Waals surface area contributed by atoms with E-state index in [2.05, 4.69) is 62.5 Å². The predicted octanol–water partition coefficient (Wildman–Crippen LogP) is 6.21. The second kappa shape index (κ2) is 11.6. The highest BCUT2D eigenvalue weighted by Crippen LogP contribution is 2.27. The number of nitrogens with one attached hydrogen (secondary N) is 2. The number of carbonyl (C=O) groups excluding carboxylic acids is 1. The first kappa shape index (κ1) is 23.7. The molecule has 0 aliphatic carbocycles. The number of ether oxygens (including phenoxy) is 1. The van der Waals surface area contributed by atoms with Gasteiger partial charge in [0, 0.05) is 29.6 Å². The van der Waals surface area contributed by atoms with Gasteiger partial charge in [0.1, 0.15) is 17.9 Å². The van der Waals surface area contributed by atoms with Crippen molar-refractivity contribution in [2.24, 2.45) is 0 Å². The molecule has 2 N–H and O–H groups in total. The lowest BCUT2D eigenvalue weighted by Gasteiger charge is -2.14. The van der Waals surface area contributed by atoms with Gasteiger partial charge in [-0.1, -0.05) is 26.0 Å². The minimum Gasteiger partial charge on any atom is -0.492 e. The Balaban J connectivity index is 1.54. The van der Waals surface area contributed by atoms with Gasteiger partial charge in [0.15, 0.2) is 0 Å². The van der Waals surface area contributed by atoms with E-state index in [0.29, 0.717) is 25.3 Å². The second-order valence-electron chi connectivity index (χ2n) is 7.51. The van der Waals surface area contributed by atoms with E-state index in [1.54, 1.807) is 0 Å². The van der Waals surface area contributed by atoms with Crippen LogP contribution in [0.1, 0.15) is 43.5 Å². The molecule has 0 atom stereocenters. The third-order valence-electron chi connectivity index (χ3n) is 5.05. The Morgan fingerprint density at radius 2 is 1.91 bits per heavy atom. The third kappa shape index (κ3) is 6.79. The Morgan fingerprint density at radius 1 is 1.06 bits per heavy atom. The molecule has 0 fully saturated rings. The van der Waals surface area contributed by atoms with Crippen molar-refractivity contribution in [1.29, 1.82) is 0 Å². The van der Waals surface area contributed by atoms with Crippen molar-refractivity contribution >= 4 is 39.0 Å². The summed E-state index contributed by atoms with van der Waals surface area (Å²) in [6, 6.07) is 13.9. The number of nitrogens with zero attached hydrogens (tertiary/aromatic N) is 2. The standard InChI is InChI=1S/C25H29BrN4O2/c1-4-18-8-11-23(21(26)14-18)32-12-6-7-25(31)30-22-15-20(10-9-19(22)5-2)29-24-13-17(3)27-16-28-24/h8-11,13-16H,4-7,12H2,1-3H3,(H,30,31)(H,27,28,29). The summed E-state index contributed by atoms with van der Waals surface area (Å²) in [6.45, 7) is 6.59. The van der Waals surface area contributed by atoms with E-state index < -0.39 is 0 Å². The molecule has 0 spiro atoms. The van der Waals surface area contributed by atoms with Crippen LogP contribution in [0.25, 0.3) is 0 Å². The summed E-state index contributed by atoms with van der Waals surface area (Å²) < 4.78 is 6.77. The highest BCUT2D eigenvalue weighted by atomic mass is 79.9. The Morgan fingerprint density at radius 3 is 2.62 bits per heavy atom. The molecule has 168 valence electrons.